The summed E-state index contributed by atoms with van der Waals surface area (Å²) < 4.78 is 4.85. The number of hydrogen-bond acceptors (Lipinski definition) is 6. The van der Waals surface area contributed by atoms with Crippen molar-refractivity contribution in [3.8, 4) is 6.07 Å². The number of benzene rings is 2. The molecule has 0 saturated carbocycles. The molecule has 0 radical (unpaired) electrons. The first-order valence-electron chi connectivity index (χ1n) is 7.18. The standard InChI is InChI=1S/C17H15N3O4/c1-12(10-18)24-17(21)14-7-8-15(16(9-14)20(22)23)19-11-13-5-3-2-4-6-13/h2-9,12,19H,11H2,1H3/t12-/m1/s1. The Morgan fingerprint density at radius 3 is 2.67 bits per heavy atom. The van der Waals surface area contributed by atoms with E-state index < -0.39 is 17.0 Å². The van der Waals surface area contributed by atoms with Crippen molar-refractivity contribution >= 4 is 17.3 Å². The molecule has 7 nitrogen and oxygen atoms in total. The van der Waals surface area contributed by atoms with E-state index in [4.69, 9.17) is 10.00 Å². The zero-order chi connectivity index (χ0) is 17.5. The summed E-state index contributed by atoms with van der Waals surface area (Å²) >= 11 is 0. The summed E-state index contributed by atoms with van der Waals surface area (Å²) in [6.45, 7) is 1.83. The van der Waals surface area contributed by atoms with E-state index in [-0.39, 0.29) is 11.3 Å². The Balaban J connectivity index is 2.19. The van der Waals surface area contributed by atoms with Crippen molar-refractivity contribution in [3.63, 3.8) is 0 Å². The van der Waals surface area contributed by atoms with Crippen molar-refractivity contribution in [1.82, 2.24) is 0 Å². The predicted octanol–water partition coefficient (Wildman–Crippen LogP) is 3.28. The molecule has 1 N–H and O–H groups in total. The summed E-state index contributed by atoms with van der Waals surface area (Å²) in [5.41, 5.74) is 1.06. The molecule has 0 heterocycles. The third-order valence-corrected chi connectivity index (χ3v) is 3.22. The molecule has 0 aliphatic heterocycles. The average molecular weight is 325 g/mol. The molecule has 24 heavy (non-hydrogen) atoms. The van der Waals surface area contributed by atoms with Gasteiger partial charge in [0.15, 0.2) is 6.10 Å². The molecule has 122 valence electrons. The van der Waals surface area contributed by atoms with Crippen LogP contribution in [-0.4, -0.2) is 17.0 Å². The second kappa shape index (κ2) is 7.74. The molecule has 0 fully saturated rings. The number of nitro groups is 1. The zero-order valence-electron chi connectivity index (χ0n) is 12.9. The monoisotopic (exact) mass is 325 g/mol. The number of nitrogens with zero attached hydrogens (tertiary/aromatic N) is 2. The maximum absolute atomic E-state index is 11.9. The van der Waals surface area contributed by atoms with Crippen molar-refractivity contribution in [2.75, 3.05) is 5.32 Å². The van der Waals surface area contributed by atoms with Gasteiger partial charge >= 0.3 is 5.97 Å². The highest BCUT2D eigenvalue weighted by Gasteiger charge is 2.19. The minimum absolute atomic E-state index is 0.0223. The van der Waals surface area contributed by atoms with Gasteiger partial charge in [-0.3, -0.25) is 10.1 Å². The topological polar surface area (TPSA) is 105 Å². The lowest BCUT2D eigenvalue weighted by molar-refractivity contribution is -0.384. The number of nitro benzene ring substituents is 1. The van der Waals surface area contributed by atoms with Crippen LogP contribution in [0.25, 0.3) is 0 Å². The SMILES string of the molecule is C[C@H](C#N)OC(=O)c1ccc(NCc2ccccc2)c([N+](=O)[O-])c1. The quantitative estimate of drug-likeness (QED) is 0.496. The minimum atomic E-state index is -0.924. The summed E-state index contributed by atoms with van der Waals surface area (Å²) in [7, 11) is 0. The van der Waals surface area contributed by atoms with E-state index >= 15 is 0 Å². The van der Waals surface area contributed by atoms with E-state index in [2.05, 4.69) is 5.32 Å². The third-order valence-electron chi connectivity index (χ3n) is 3.22. The first-order valence-corrected chi connectivity index (χ1v) is 7.18. The molecule has 2 rings (SSSR count). The normalized spacial score (nSPS) is 11.2. The number of ether oxygens (including phenoxy) is 1. The fourth-order valence-electron chi connectivity index (χ4n) is 2.01. The lowest BCUT2D eigenvalue weighted by Crippen LogP contribution is -2.13. The molecule has 1 atom stereocenters. The van der Waals surface area contributed by atoms with Crippen LogP contribution in [0.4, 0.5) is 11.4 Å². The van der Waals surface area contributed by atoms with Gasteiger partial charge in [-0.25, -0.2) is 4.79 Å². The lowest BCUT2D eigenvalue weighted by Gasteiger charge is -2.09. The van der Waals surface area contributed by atoms with Crippen LogP contribution in [0.3, 0.4) is 0 Å². The summed E-state index contributed by atoms with van der Waals surface area (Å²) in [6, 6.07) is 15.2. The van der Waals surface area contributed by atoms with Crippen LogP contribution in [0, 0.1) is 21.4 Å². The predicted molar refractivity (Wildman–Crippen MR) is 87.4 cm³/mol. The third kappa shape index (κ3) is 4.30. The molecule has 0 amide bonds. The molecule has 0 spiro atoms. The van der Waals surface area contributed by atoms with Crippen molar-refractivity contribution in [1.29, 1.82) is 5.26 Å². The van der Waals surface area contributed by atoms with E-state index in [1.165, 1.54) is 19.1 Å². The minimum Gasteiger partial charge on any atom is -0.444 e. The molecular formula is C17H15N3O4. The highest BCUT2D eigenvalue weighted by molar-refractivity contribution is 5.91. The van der Waals surface area contributed by atoms with Crippen molar-refractivity contribution in [3.05, 3.63) is 69.8 Å². The van der Waals surface area contributed by atoms with E-state index in [0.29, 0.717) is 12.2 Å². The van der Waals surface area contributed by atoms with Gasteiger partial charge in [0.25, 0.3) is 5.69 Å². The number of hydrogen-bond donors (Lipinski definition) is 1. The van der Waals surface area contributed by atoms with Crippen molar-refractivity contribution in [2.45, 2.75) is 19.6 Å². The zero-order valence-corrected chi connectivity index (χ0v) is 12.9. The maximum atomic E-state index is 11.9. The second-order valence-corrected chi connectivity index (χ2v) is 5.00. The van der Waals surface area contributed by atoms with E-state index in [1.807, 2.05) is 30.3 Å². The van der Waals surface area contributed by atoms with Gasteiger partial charge in [0.05, 0.1) is 10.5 Å². The molecular weight excluding hydrogens is 310 g/mol. The van der Waals surface area contributed by atoms with Gasteiger partial charge in [-0.1, -0.05) is 30.3 Å². The van der Waals surface area contributed by atoms with Gasteiger partial charge in [0.2, 0.25) is 0 Å². The average Bonchev–Trinajstić information content (AvgIpc) is 2.60. The van der Waals surface area contributed by atoms with Crippen molar-refractivity contribution in [2.24, 2.45) is 0 Å². The Morgan fingerprint density at radius 2 is 2.04 bits per heavy atom. The molecule has 0 bridgehead atoms. The molecule has 0 unspecified atom stereocenters. The number of nitriles is 1. The van der Waals surface area contributed by atoms with Crippen LogP contribution >= 0.6 is 0 Å². The molecule has 0 saturated heterocycles. The molecule has 0 aromatic heterocycles. The molecule has 0 aliphatic carbocycles. The molecule has 2 aromatic rings. The van der Waals surface area contributed by atoms with E-state index in [9.17, 15) is 14.9 Å². The highest BCUT2D eigenvalue weighted by Crippen LogP contribution is 2.26. The van der Waals surface area contributed by atoms with Gasteiger partial charge in [-0.2, -0.15) is 5.26 Å². The Bertz CT molecular complexity index is 784. The summed E-state index contributed by atoms with van der Waals surface area (Å²) in [6.07, 6.45) is -0.924. The number of nitrogens with one attached hydrogen (secondary N) is 1. The Labute approximate surface area is 138 Å². The fraction of sp³-hybridized carbons (Fsp3) is 0.176. The molecule has 7 heteroatoms. The first kappa shape index (κ1) is 17.0. The van der Waals surface area contributed by atoms with E-state index in [1.54, 1.807) is 6.07 Å². The number of carbonyl (C=O) groups is 1. The van der Waals surface area contributed by atoms with Crippen LogP contribution < -0.4 is 5.32 Å². The second-order valence-electron chi connectivity index (χ2n) is 5.00. The van der Waals surface area contributed by atoms with Gasteiger partial charge in [-0.05, 0) is 24.6 Å². The number of carbonyl (C=O) groups excluding carboxylic acids is 1. The smallest absolute Gasteiger partial charge is 0.339 e. The fourth-order valence-corrected chi connectivity index (χ4v) is 2.01. The summed E-state index contributed by atoms with van der Waals surface area (Å²) in [5, 5.41) is 22.9. The highest BCUT2D eigenvalue weighted by atomic mass is 16.6. The Hall–Kier alpha value is -3.40. The Kier molecular flexibility index (Phi) is 5.47. The number of anilines is 1. The maximum Gasteiger partial charge on any atom is 0.339 e. The van der Waals surface area contributed by atoms with Gasteiger partial charge in [0.1, 0.15) is 11.8 Å². The van der Waals surface area contributed by atoms with Crippen LogP contribution in [0.1, 0.15) is 22.8 Å². The number of esters is 1. The first-order chi connectivity index (χ1) is 11.5. The van der Waals surface area contributed by atoms with Crippen LogP contribution in [0.5, 0.6) is 0 Å². The Morgan fingerprint density at radius 1 is 1.33 bits per heavy atom. The van der Waals surface area contributed by atoms with Crippen molar-refractivity contribution < 1.29 is 14.5 Å². The molecule has 0 aliphatic rings. The number of rotatable bonds is 6. The van der Waals surface area contributed by atoms with Gasteiger partial charge in [0, 0.05) is 12.6 Å². The largest absolute Gasteiger partial charge is 0.444 e. The van der Waals surface area contributed by atoms with Gasteiger partial charge in [-0.15, -0.1) is 0 Å². The van der Waals surface area contributed by atoms with Crippen LogP contribution in [-0.2, 0) is 11.3 Å². The van der Waals surface area contributed by atoms with Crippen LogP contribution in [0.15, 0.2) is 48.5 Å². The van der Waals surface area contributed by atoms with Crippen LogP contribution in [0.2, 0.25) is 0 Å². The van der Waals surface area contributed by atoms with E-state index in [0.717, 1.165) is 11.6 Å². The summed E-state index contributed by atoms with van der Waals surface area (Å²) in [5.74, 6) is -0.776. The molecule has 2 aromatic carbocycles. The lowest BCUT2D eigenvalue weighted by atomic mass is 10.1. The summed E-state index contributed by atoms with van der Waals surface area (Å²) in [4.78, 5) is 22.5. The van der Waals surface area contributed by atoms with Gasteiger partial charge < -0.3 is 10.1 Å².